The van der Waals surface area contributed by atoms with Gasteiger partial charge < -0.3 is 9.32 Å². The highest BCUT2D eigenvalue weighted by molar-refractivity contribution is 6.19. The molecule has 1 aromatic heterocycles. The van der Waals surface area contributed by atoms with E-state index in [1.54, 1.807) is 0 Å². The fraction of sp³-hybridized carbons (Fsp3) is 0. The number of fused-ring (bicyclic) bond motifs is 8. The van der Waals surface area contributed by atoms with E-state index in [1.165, 1.54) is 60.3 Å². The zero-order valence-electron chi connectivity index (χ0n) is 30.6. The molecule has 10 aromatic carbocycles. The number of furan rings is 1. The van der Waals surface area contributed by atoms with E-state index < -0.39 is 0 Å². The van der Waals surface area contributed by atoms with E-state index in [1.807, 2.05) is 0 Å². The third-order valence-electron chi connectivity index (χ3n) is 11.3. The summed E-state index contributed by atoms with van der Waals surface area (Å²) in [4.78, 5) is 2.36. The standard InChI is InChI=1S/C54H35NO/c1-2-11-36(12-3-1)38-25-30-43(31-26-38)55(51-19-10-20-52-53(51)49-34-29-40-13-4-7-16-46(40)54(49)56-52)44-32-27-39(28-33-44)37-21-23-41(24-22-37)50-35-42-14-5-6-15-45(42)47-17-8-9-18-48(47)50/h1-35H. The van der Waals surface area contributed by atoms with Crippen LogP contribution in [0.15, 0.2) is 217 Å². The molecule has 0 aliphatic heterocycles. The topological polar surface area (TPSA) is 16.4 Å². The molecule has 11 rings (SSSR count). The van der Waals surface area contributed by atoms with Gasteiger partial charge in [-0.1, -0.05) is 164 Å². The first-order valence-corrected chi connectivity index (χ1v) is 19.2. The molecule has 0 unspecified atom stereocenters. The Balaban J connectivity index is 1.01. The van der Waals surface area contributed by atoms with Gasteiger partial charge in [0.1, 0.15) is 11.2 Å². The number of rotatable bonds is 6. The lowest BCUT2D eigenvalue weighted by atomic mass is 9.92. The highest BCUT2D eigenvalue weighted by Gasteiger charge is 2.21. The summed E-state index contributed by atoms with van der Waals surface area (Å²) in [6, 6.07) is 76.4. The van der Waals surface area contributed by atoms with E-state index in [-0.39, 0.29) is 0 Å². The average Bonchev–Trinajstić information content (AvgIpc) is 3.67. The number of hydrogen-bond donors (Lipinski definition) is 0. The highest BCUT2D eigenvalue weighted by Crippen LogP contribution is 2.45. The fourth-order valence-electron chi connectivity index (χ4n) is 8.52. The molecule has 0 aliphatic carbocycles. The summed E-state index contributed by atoms with van der Waals surface area (Å²) in [5.41, 5.74) is 12.2. The molecule has 0 spiro atoms. The van der Waals surface area contributed by atoms with Crippen LogP contribution < -0.4 is 4.90 Å². The van der Waals surface area contributed by atoms with Crippen LogP contribution in [-0.2, 0) is 0 Å². The van der Waals surface area contributed by atoms with Crippen molar-refractivity contribution >= 4 is 71.3 Å². The van der Waals surface area contributed by atoms with Crippen LogP contribution in [0, 0.1) is 0 Å². The molecular weight excluding hydrogens is 679 g/mol. The first kappa shape index (κ1) is 32.0. The van der Waals surface area contributed by atoms with Crippen LogP contribution in [0.4, 0.5) is 17.1 Å². The van der Waals surface area contributed by atoms with Gasteiger partial charge in [0.15, 0.2) is 0 Å². The Morgan fingerprint density at radius 2 is 0.857 bits per heavy atom. The minimum atomic E-state index is 0.871. The maximum Gasteiger partial charge on any atom is 0.143 e. The molecule has 0 saturated carbocycles. The van der Waals surface area contributed by atoms with Gasteiger partial charge in [0.05, 0.1) is 11.1 Å². The van der Waals surface area contributed by atoms with Crippen molar-refractivity contribution in [3.8, 4) is 33.4 Å². The lowest BCUT2D eigenvalue weighted by Gasteiger charge is -2.26. The van der Waals surface area contributed by atoms with E-state index in [0.717, 1.165) is 44.4 Å². The van der Waals surface area contributed by atoms with Gasteiger partial charge >= 0.3 is 0 Å². The van der Waals surface area contributed by atoms with Crippen LogP contribution in [-0.4, -0.2) is 0 Å². The van der Waals surface area contributed by atoms with Crippen LogP contribution >= 0.6 is 0 Å². The van der Waals surface area contributed by atoms with Gasteiger partial charge in [0.25, 0.3) is 0 Å². The molecule has 1 heterocycles. The lowest BCUT2D eigenvalue weighted by Crippen LogP contribution is -2.10. The Morgan fingerprint density at radius 3 is 1.55 bits per heavy atom. The van der Waals surface area contributed by atoms with Crippen LogP contribution in [0.1, 0.15) is 0 Å². The zero-order chi connectivity index (χ0) is 37.0. The van der Waals surface area contributed by atoms with E-state index in [2.05, 4.69) is 217 Å². The van der Waals surface area contributed by atoms with Crippen LogP contribution in [0.2, 0.25) is 0 Å². The molecule has 0 bridgehead atoms. The van der Waals surface area contributed by atoms with Crippen molar-refractivity contribution in [2.75, 3.05) is 4.90 Å². The second-order valence-electron chi connectivity index (χ2n) is 14.5. The van der Waals surface area contributed by atoms with Gasteiger partial charge in [-0.05, 0) is 109 Å². The summed E-state index contributed by atoms with van der Waals surface area (Å²) in [7, 11) is 0. The largest absolute Gasteiger partial charge is 0.455 e. The molecule has 262 valence electrons. The van der Waals surface area contributed by atoms with Gasteiger partial charge in [-0.3, -0.25) is 0 Å². The molecule has 0 N–H and O–H groups in total. The Labute approximate surface area is 325 Å². The predicted octanol–water partition coefficient (Wildman–Crippen LogP) is 15.5. The van der Waals surface area contributed by atoms with E-state index >= 15 is 0 Å². The van der Waals surface area contributed by atoms with E-state index in [9.17, 15) is 0 Å². The normalized spacial score (nSPS) is 11.6. The Morgan fingerprint density at radius 1 is 0.321 bits per heavy atom. The average molecular weight is 714 g/mol. The van der Waals surface area contributed by atoms with Crippen LogP contribution in [0.3, 0.4) is 0 Å². The number of hydrogen-bond acceptors (Lipinski definition) is 2. The highest BCUT2D eigenvalue weighted by atomic mass is 16.3. The molecular formula is C54H35NO. The van der Waals surface area contributed by atoms with Crippen molar-refractivity contribution in [2.45, 2.75) is 0 Å². The Hall–Kier alpha value is -7.42. The van der Waals surface area contributed by atoms with Gasteiger partial charge in [0, 0.05) is 22.1 Å². The van der Waals surface area contributed by atoms with Gasteiger partial charge in [0.2, 0.25) is 0 Å². The SMILES string of the molecule is c1ccc(-c2ccc(N(c3ccc(-c4ccc(-c5cc6ccccc6c6ccccc56)cc4)cc3)c3cccc4oc5c6ccccc6ccc5c34)cc2)cc1. The van der Waals surface area contributed by atoms with Gasteiger partial charge in [-0.25, -0.2) is 0 Å². The number of anilines is 3. The zero-order valence-corrected chi connectivity index (χ0v) is 30.6. The third kappa shape index (κ3) is 5.34. The first-order valence-electron chi connectivity index (χ1n) is 19.2. The van der Waals surface area contributed by atoms with Crippen molar-refractivity contribution in [1.29, 1.82) is 0 Å². The Kier molecular flexibility index (Phi) is 7.53. The minimum absolute atomic E-state index is 0.871. The second-order valence-corrected chi connectivity index (χ2v) is 14.5. The molecule has 56 heavy (non-hydrogen) atoms. The predicted molar refractivity (Wildman–Crippen MR) is 237 cm³/mol. The smallest absolute Gasteiger partial charge is 0.143 e. The van der Waals surface area contributed by atoms with Crippen molar-refractivity contribution in [3.05, 3.63) is 212 Å². The molecule has 2 nitrogen and oxygen atoms in total. The molecule has 0 saturated heterocycles. The minimum Gasteiger partial charge on any atom is -0.455 e. The summed E-state index contributed by atoms with van der Waals surface area (Å²) in [6.45, 7) is 0. The third-order valence-corrected chi connectivity index (χ3v) is 11.3. The summed E-state index contributed by atoms with van der Waals surface area (Å²) in [5.74, 6) is 0. The van der Waals surface area contributed by atoms with Gasteiger partial charge in [-0.2, -0.15) is 0 Å². The molecule has 0 aliphatic rings. The molecule has 0 fully saturated rings. The lowest BCUT2D eigenvalue weighted by molar-refractivity contribution is 0.672. The Bertz CT molecular complexity index is 3210. The fourth-order valence-corrected chi connectivity index (χ4v) is 8.52. The van der Waals surface area contributed by atoms with Crippen molar-refractivity contribution in [2.24, 2.45) is 0 Å². The van der Waals surface area contributed by atoms with Crippen molar-refractivity contribution in [1.82, 2.24) is 0 Å². The van der Waals surface area contributed by atoms with Gasteiger partial charge in [-0.15, -0.1) is 0 Å². The van der Waals surface area contributed by atoms with E-state index in [4.69, 9.17) is 4.42 Å². The maximum atomic E-state index is 6.64. The molecule has 2 heteroatoms. The quantitative estimate of drug-likeness (QED) is 0.160. The first-order chi connectivity index (χ1) is 27.8. The molecule has 11 aromatic rings. The van der Waals surface area contributed by atoms with Crippen LogP contribution in [0.5, 0.6) is 0 Å². The molecule has 0 atom stereocenters. The summed E-state index contributed by atoms with van der Waals surface area (Å²) >= 11 is 0. The maximum absolute atomic E-state index is 6.64. The molecule has 0 radical (unpaired) electrons. The monoisotopic (exact) mass is 713 g/mol. The summed E-state index contributed by atoms with van der Waals surface area (Å²) < 4.78 is 6.64. The second kappa shape index (κ2) is 13.2. The summed E-state index contributed by atoms with van der Waals surface area (Å²) in [5, 5.41) is 9.60. The number of nitrogens with zero attached hydrogens (tertiary/aromatic N) is 1. The summed E-state index contributed by atoms with van der Waals surface area (Å²) in [6.07, 6.45) is 0. The molecule has 0 amide bonds. The van der Waals surface area contributed by atoms with Crippen molar-refractivity contribution < 1.29 is 4.42 Å². The van der Waals surface area contributed by atoms with Crippen LogP contribution in [0.25, 0.3) is 87.6 Å². The number of benzene rings is 10. The van der Waals surface area contributed by atoms with E-state index in [0.29, 0.717) is 0 Å². The van der Waals surface area contributed by atoms with Crippen molar-refractivity contribution in [3.63, 3.8) is 0 Å².